The third-order valence-corrected chi connectivity index (χ3v) is 4.15. The van der Waals surface area contributed by atoms with Crippen molar-refractivity contribution in [2.24, 2.45) is 0 Å². The maximum atomic E-state index is 12.1. The fourth-order valence-corrected chi connectivity index (χ4v) is 2.37. The molecule has 6 nitrogen and oxygen atoms in total. The smallest absolute Gasteiger partial charge is 0.269 e. The predicted molar refractivity (Wildman–Crippen MR) is 94.2 cm³/mol. The lowest BCUT2D eigenvalue weighted by Gasteiger charge is -2.18. The number of benzene rings is 2. The summed E-state index contributed by atoms with van der Waals surface area (Å²) in [5, 5.41) is 11.2. The van der Waals surface area contributed by atoms with Crippen LogP contribution in [0.4, 0.5) is 5.69 Å². The van der Waals surface area contributed by atoms with Crippen molar-refractivity contribution in [2.45, 2.75) is 6.54 Å². The van der Waals surface area contributed by atoms with E-state index in [9.17, 15) is 14.9 Å². The van der Waals surface area contributed by atoms with Crippen LogP contribution in [0.3, 0.4) is 0 Å². The fraction of sp³-hybridized carbons (Fsp3) is 0.188. The lowest BCUT2D eigenvalue weighted by molar-refractivity contribution is -0.384. The van der Waals surface area contributed by atoms with Gasteiger partial charge in [0.1, 0.15) is 5.75 Å². The van der Waals surface area contributed by atoms with Gasteiger partial charge in [0.25, 0.3) is 11.6 Å². The number of non-ortho nitro benzene ring substituents is 1. The van der Waals surface area contributed by atoms with Gasteiger partial charge in [0.15, 0.2) is 6.61 Å². The molecule has 0 aliphatic rings. The molecule has 0 radical (unpaired) electrons. The zero-order chi connectivity index (χ0) is 17.7. The summed E-state index contributed by atoms with van der Waals surface area (Å²) in [5.74, 6) is 0.314. The van der Waals surface area contributed by atoms with Crippen LogP contribution in [0.5, 0.6) is 5.75 Å². The fourth-order valence-electron chi connectivity index (χ4n) is 1.93. The Balaban J connectivity index is 1.97. The average Bonchev–Trinajstić information content (AvgIpc) is 2.55. The molecule has 2 rings (SSSR count). The molecule has 0 aliphatic heterocycles. The Labute approximate surface area is 152 Å². The van der Waals surface area contributed by atoms with E-state index in [0.29, 0.717) is 16.3 Å². The van der Waals surface area contributed by atoms with Crippen molar-refractivity contribution < 1.29 is 14.5 Å². The van der Waals surface area contributed by atoms with Crippen LogP contribution in [-0.4, -0.2) is 29.4 Å². The first-order valence-electron chi connectivity index (χ1n) is 6.92. The summed E-state index contributed by atoms with van der Waals surface area (Å²) in [6.45, 7) is 0.0216. The van der Waals surface area contributed by atoms with Crippen molar-refractivity contribution in [1.82, 2.24) is 4.90 Å². The van der Waals surface area contributed by atoms with E-state index in [1.54, 1.807) is 19.2 Å². The normalized spacial score (nSPS) is 10.3. The Bertz CT molecular complexity index is 752. The monoisotopic (exact) mass is 412 g/mol. The molecule has 0 N–H and O–H groups in total. The summed E-state index contributed by atoms with van der Waals surface area (Å²) in [5.41, 5.74) is 0.437. The molecule has 0 bridgehead atoms. The number of carbonyl (C=O) groups is 1. The van der Waals surface area contributed by atoms with Gasteiger partial charge in [0.05, 0.1) is 4.92 Å². The van der Waals surface area contributed by atoms with Gasteiger partial charge in [0.2, 0.25) is 0 Å². The Hall–Kier alpha value is -2.12. The summed E-state index contributed by atoms with van der Waals surface area (Å²) in [7, 11) is 1.59. The van der Waals surface area contributed by atoms with E-state index in [1.165, 1.54) is 23.1 Å². The van der Waals surface area contributed by atoms with E-state index in [-0.39, 0.29) is 24.7 Å². The quantitative estimate of drug-likeness (QED) is 0.529. The first-order valence-corrected chi connectivity index (χ1v) is 8.09. The number of carbonyl (C=O) groups excluding carboxylic acids is 1. The Kier molecular flexibility index (Phi) is 6.16. The number of hydrogen-bond donors (Lipinski definition) is 0. The van der Waals surface area contributed by atoms with Crippen molar-refractivity contribution in [2.75, 3.05) is 13.7 Å². The van der Waals surface area contributed by atoms with E-state index in [2.05, 4.69) is 15.9 Å². The number of nitro benzene ring substituents is 1. The molecule has 24 heavy (non-hydrogen) atoms. The molecule has 0 aromatic heterocycles. The molecule has 1 amide bonds. The molecule has 0 spiro atoms. The molecule has 126 valence electrons. The molecule has 0 aliphatic carbocycles. The number of ether oxygens (including phenoxy) is 1. The number of halogens is 2. The standard InChI is InChI=1S/C16H14BrClN2O4/c1-19(9-11-8-13(20(22)23)4-7-15(11)18)16(21)10-24-14-5-2-12(17)3-6-14/h2-8H,9-10H2,1H3. The second kappa shape index (κ2) is 8.12. The number of rotatable bonds is 6. The Morgan fingerprint density at radius 2 is 1.96 bits per heavy atom. The largest absolute Gasteiger partial charge is 0.484 e. The van der Waals surface area contributed by atoms with Crippen LogP contribution in [0, 0.1) is 10.1 Å². The third-order valence-electron chi connectivity index (χ3n) is 3.25. The van der Waals surface area contributed by atoms with Gasteiger partial charge in [-0.1, -0.05) is 27.5 Å². The zero-order valence-corrected chi connectivity index (χ0v) is 15.1. The van der Waals surface area contributed by atoms with Crippen molar-refractivity contribution >= 4 is 39.1 Å². The van der Waals surface area contributed by atoms with Crippen LogP contribution in [0.25, 0.3) is 0 Å². The topological polar surface area (TPSA) is 72.7 Å². The second-order valence-electron chi connectivity index (χ2n) is 5.03. The van der Waals surface area contributed by atoms with Crippen LogP contribution in [0.2, 0.25) is 5.02 Å². The van der Waals surface area contributed by atoms with Crippen molar-refractivity contribution in [3.63, 3.8) is 0 Å². The van der Waals surface area contributed by atoms with E-state index in [4.69, 9.17) is 16.3 Å². The van der Waals surface area contributed by atoms with Gasteiger partial charge in [-0.2, -0.15) is 0 Å². The SMILES string of the molecule is CN(Cc1cc([N+](=O)[O-])ccc1Cl)C(=O)COc1ccc(Br)cc1. The first kappa shape index (κ1) is 18.2. The number of likely N-dealkylation sites (N-methyl/N-ethyl adjacent to an activating group) is 1. The Morgan fingerprint density at radius 1 is 1.29 bits per heavy atom. The summed E-state index contributed by atoms with van der Waals surface area (Å²) in [6.07, 6.45) is 0. The molecular weight excluding hydrogens is 400 g/mol. The Morgan fingerprint density at radius 3 is 2.58 bits per heavy atom. The summed E-state index contributed by atoms with van der Waals surface area (Å²) in [6, 6.07) is 11.3. The summed E-state index contributed by atoms with van der Waals surface area (Å²) in [4.78, 5) is 23.9. The van der Waals surface area contributed by atoms with Crippen molar-refractivity contribution in [3.8, 4) is 5.75 Å². The van der Waals surface area contributed by atoms with Gasteiger partial charge in [-0.05, 0) is 35.9 Å². The van der Waals surface area contributed by atoms with Gasteiger partial charge in [-0.25, -0.2) is 0 Å². The molecule has 2 aromatic rings. The average molecular weight is 414 g/mol. The number of hydrogen-bond acceptors (Lipinski definition) is 4. The molecule has 0 fully saturated rings. The van der Waals surface area contributed by atoms with Crippen molar-refractivity contribution in [1.29, 1.82) is 0 Å². The van der Waals surface area contributed by atoms with Gasteiger partial charge in [-0.3, -0.25) is 14.9 Å². The van der Waals surface area contributed by atoms with E-state index >= 15 is 0 Å². The first-order chi connectivity index (χ1) is 11.4. The van der Waals surface area contributed by atoms with Crippen LogP contribution < -0.4 is 4.74 Å². The summed E-state index contributed by atoms with van der Waals surface area (Å²) < 4.78 is 6.34. The molecule has 8 heteroatoms. The molecule has 0 saturated heterocycles. The lowest BCUT2D eigenvalue weighted by Crippen LogP contribution is -2.31. The van der Waals surface area contributed by atoms with E-state index < -0.39 is 4.92 Å². The minimum absolute atomic E-state index is 0.0682. The van der Waals surface area contributed by atoms with Crippen LogP contribution in [0.15, 0.2) is 46.9 Å². The minimum atomic E-state index is -0.502. The van der Waals surface area contributed by atoms with E-state index in [1.807, 2.05) is 12.1 Å². The van der Waals surface area contributed by atoms with Crippen LogP contribution in [-0.2, 0) is 11.3 Å². The van der Waals surface area contributed by atoms with Crippen molar-refractivity contribution in [3.05, 3.63) is 67.6 Å². The molecule has 2 aromatic carbocycles. The molecule has 0 heterocycles. The number of amides is 1. The van der Waals surface area contributed by atoms with Gasteiger partial charge >= 0.3 is 0 Å². The minimum Gasteiger partial charge on any atom is -0.484 e. The highest BCUT2D eigenvalue weighted by molar-refractivity contribution is 9.10. The summed E-state index contributed by atoms with van der Waals surface area (Å²) >= 11 is 9.36. The van der Waals surface area contributed by atoms with Gasteiger partial charge in [-0.15, -0.1) is 0 Å². The molecular formula is C16H14BrClN2O4. The maximum Gasteiger partial charge on any atom is 0.269 e. The van der Waals surface area contributed by atoms with Gasteiger partial charge < -0.3 is 9.64 Å². The maximum absolute atomic E-state index is 12.1. The molecule has 0 saturated carbocycles. The van der Waals surface area contributed by atoms with Crippen LogP contribution >= 0.6 is 27.5 Å². The third kappa shape index (κ3) is 4.94. The highest BCUT2D eigenvalue weighted by atomic mass is 79.9. The lowest BCUT2D eigenvalue weighted by atomic mass is 10.2. The number of nitrogens with zero attached hydrogens (tertiary/aromatic N) is 2. The van der Waals surface area contributed by atoms with Crippen LogP contribution in [0.1, 0.15) is 5.56 Å². The predicted octanol–water partition coefficient (Wildman–Crippen LogP) is 4.05. The van der Waals surface area contributed by atoms with Gasteiger partial charge in [0, 0.05) is 35.2 Å². The molecule has 0 unspecified atom stereocenters. The van der Waals surface area contributed by atoms with E-state index in [0.717, 1.165) is 4.47 Å². The zero-order valence-electron chi connectivity index (χ0n) is 12.7. The highest BCUT2D eigenvalue weighted by Gasteiger charge is 2.15. The highest BCUT2D eigenvalue weighted by Crippen LogP contribution is 2.23. The molecule has 0 atom stereocenters. The number of nitro groups is 1. The second-order valence-corrected chi connectivity index (χ2v) is 6.35.